The molecule has 0 saturated carbocycles. The van der Waals surface area contributed by atoms with Crippen LogP contribution in [0.2, 0.25) is 0 Å². The van der Waals surface area contributed by atoms with E-state index in [1.807, 2.05) is 51.1 Å². The molecule has 0 bridgehead atoms. The van der Waals surface area contributed by atoms with E-state index in [1.54, 1.807) is 11.8 Å². The molecule has 1 aliphatic rings. The van der Waals surface area contributed by atoms with E-state index in [0.29, 0.717) is 26.2 Å². The van der Waals surface area contributed by atoms with Crippen molar-refractivity contribution in [2.24, 2.45) is 5.92 Å². The van der Waals surface area contributed by atoms with Crippen molar-refractivity contribution in [3.63, 3.8) is 0 Å². The third kappa shape index (κ3) is 7.59. The van der Waals surface area contributed by atoms with Crippen molar-refractivity contribution >= 4 is 12.0 Å². The number of ether oxygens (including phenoxy) is 2. The van der Waals surface area contributed by atoms with Crippen molar-refractivity contribution in [3.8, 4) is 0 Å². The van der Waals surface area contributed by atoms with Gasteiger partial charge in [-0.05, 0) is 52.0 Å². The first-order chi connectivity index (χ1) is 12.7. The Labute approximate surface area is 162 Å². The van der Waals surface area contributed by atoms with Crippen LogP contribution in [0.5, 0.6) is 0 Å². The number of piperidine rings is 1. The summed E-state index contributed by atoms with van der Waals surface area (Å²) in [4.78, 5) is 26.2. The second-order valence-corrected chi connectivity index (χ2v) is 8.12. The van der Waals surface area contributed by atoms with Crippen molar-refractivity contribution in [1.29, 1.82) is 0 Å². The van der Waals surface area contributed by atoms with Gasteiger partial charge in [-0.15, -0.1) is 0 Å². The molecule has 1 saturated heterocycles. The number of amides is 2. The van der Waals surface area contributed by atoms with Gasteiger partial charge in [0.15, 0.2) is 0 Å². The van der Waals surface area contributed by atoms with Gasteiger partial charge in [0.2, 0.25) is 5.91 Å². The lowest BCUT2D eigenvalue weighted by Gasteiger charge is -2.34. The summed E-state index contributed by atoms with van der Waals surface area (Å²) in [6, 6.07) is 9.78. The zero-order chi connectivity index (χ0) is 19.9. The Hall–Kier alpha value is -2.08. The first-order valence-corrected chi connectivity index (χ1v) is 9.66. The predicted molar refractivity (Wildman–Crippen MR) is 104 cm³/mol. The van der Waals surface area contributed by atoms with Gasteiger partial charge in [-0.2, -0.15) is 0 Å². The van der Waals surface area contributed by atoms with Gasteiger partial charge >= 0.3 is 6.09 Å². The zero-order valence-electron chi connectivity index (χ0n) is 16.9. The van der Waals surface area contributed by atoms with Crippen LogP contribution in [-0.4, -0.2) is 48.2 Å². The van der Waals surface area contributed by atoms with Crippen LogP contribution < -0.4 is 5.32 Å². The lowest BCUT2D eigenvalue weighted by molar-refractivity contribution is -0.132. The molecule has 1 aromatic carbocycles. The maximum absolute atomic E-state index is 12.3. The molecule has 0 aromatic heterocycles. The van der Waals surface area contributed by atoms with Gasteiger partial charge in [0.25, 0.3) is 0 Å². The van der Waals surface area contributed by atoms with Crippen LogP contribution in [0.4, 0.5) is 4.79 Å². The molecule has 150 valence electrons. The minimum atomic E-state index is -0.518. The highest BCUT2D eigenvalue weighted by atomic mass is 16.6. The second-order valence-electron chi connectivity index (χ2n) is 8.12. The van der Waals surface area contributed by atoms with Crippen LogP contribution in [0.3, 0.4) is 0 Å². The second kappa shape index (κ2) is 9.74. The van der Waals surface area contributed by atoms with Gasteiger partial charge in [-0.3, -0.25) is 4.79 Å². The van der Waals surface area contributed by atoms with E-state index in [4.69, 9.17) is 9.47 Å². The van der Waals surface area contributed by atoms with Crippen molar-refractivity contribution in [1.82, 2.24) is 10.2 Å². The molecule has 2 amide bonds. The highest BCUT2D eigenvalue weighted by molar-refractivity contribution is 5.80. The number of carbonyl (C=O) groups is 2. The molecular weight excluding hydrogens is 344 g/mol. The highest BCUT2D eigenvalue weighted by Crippen LogP contribution is 2.19. The topological polar surface area (TPSA) is 67.9 Å². The van der Waals surface area contributed by atoms with Crippen LogP contribution in [0.25, 0.3) is 0 Å². The van der Waals surface area contributed by atoms with E-state index in [1.165, 1.54) is 0 Å². The number of likely N-dealkylation sites (tertiary alicyclic amines) is 1. The third-order valence-corrected chi connectivity index (χ3v) is 4.45. The molecule has 27 heavy (non-hydrogen) atoms. The quantitative estimate of drug-likeness (QED) is 0.827. The zero-order valence-corrected chi connectivity index (χ0v) is 16.9. The lowest BCUT2D eigenvalue weighted by atomic mass is 9.98. The van der Waals surface area contributed by atoms with Gasteiger partial charge in [0, 0.05) is 19.6 Å². The van der Waals surface area contributed by atoms with Crippen LogP contribution in [0.15, 0.2) is 30.3 Å². The Morgan fingerprint density at radius 2 is 1.96 bits per heavy atom. The van der Waals surface area contributed by atoms with E-state index >= 15 is 0 Å². The average Bonchev–Trinajstić information content (AvgIpc) is 2.64. The molecule has 6 nitrogen and oxygen atoms in total. The summed E-state index contributed by atoms with van der Waals surface area (Å²) in [7, 11) is 0. The van der Waals surface area contributed by atoms with Gasteiger partial charge in [0.05, 0.1) is 6.61 Å². The van der Waals surface area contributed by atoms with Crippen molar-refractivity contribution in [3.05, 3.63) is 35.9 Å². The van der Waals surface area contributed by atoms with E-state index in [9.17, 15) is 9.59 Å². The minimum Gasteiger partial charge on any atom is -0.444 e. The largest absolute Gasteiger partial charge is 0.444 e. The number of carbonyl (C=O) groups excluding carboxylic acids is 2. The van der Waals surface area contributed by atoms with E-state index < -0.39 is 11.7 Å². The van der Waals surface area contributed by atoms with Crippen LogP contribution in [0, 0.1) is 5.92 Å². The maximum atomic E-state index is 12.3. The lowest BCUT2D eigenvalue weighted by Crippen LogP contribution is -2.46. The smallest absolute Gasteiger partial charge is 0.410 e. The molecule has 0 aliphatic carbocycles. The van der Waals surface area contributed by atoms with Crippen LogP contribution in [0.1, 0.15) is 46.1 Å². The third-order valence-electron chi connectivity index (χ3n) is 4.45. The fraction of sp³-hybridized carbons (Fsp3) is 0.619. The molecule has 2 atom stereocenters. The molecule has 6 heteroatoms. The van der Waals surface area contributed by atoms with Crippen LogP contribution in [-0.2, 0) is 20.9 Å². The van der Waals surface area contributed by atoms with Gasteiger partial charge in [-0.25, -0.2) is 4.79 Å². The molecule has 1 fully saturated rings. The van der Waals surface area contributed by atoms with Gasteiger partial charge in [0.1, 0.15) is 11.7 Å². The normalized spacial score (nSPS) is 18.7. The van der Waals surface area contributed by atoms with E-state index in [0.717, 1.165) is 18.4 Å². The molecule has 0 radical (unpaired) electrons. The summed E-state index contributed by atoms with van der Waals surface area (Å²) in [6.07, 6.45) is 1.10. The minimum absolute atomic E-state index is 0.125. The fourth-order valence-electron chi connectivity index (χ4n) is 2.98. The number of nitrogens with zero attached hydrogens (tertiary/aromatic N) is 1. The first-order valence-electron chi connectivity index (χ1n) is 9.66. The standard InChI is InChI=1S/C21H32N2O4/c1-16(26-15-17-9-6-5-7-10-17)19(24)22-13-18-11-8-12-23(14-18)20(25)27-21(2,3)4/h5-7,9-10,16,18H,8,11-15H2,1-4H3,(H,22,24). The van der Waals surface area contributed by atoms with Crippen LogP contribution >= 0.6 is 0 Å². The summed E-state index contributed by atoms with van der Waals surface area (Å²) < 4.78 is 11.1. The molecule has 1 aliphatic heterocycles. The Morgan fingerprint density at radius 1 is 1.26 bits per heavy atom. The average molecular weight is 376 g/mol. The number of nitrogens with one attached hydrogen (secondary N) is 1. The van der Waals surface area contributed by atoms with E-state index in [2.05, 4.69) is 5.32 Å². The highest BCUT2D eigenvalue weighted by Gasteiger charge is 2.28. The Bertz CT molecular complexity index is 612. The van der Waals surface area contributed by atoms with E-state index in [-0.39, 0.29) is 17.9 Å². The summed E-state index contributed by atoms with van der Waals surface area (Å²) in [5.41, 5.74) is 0.543. The Kier molecular flexibility index (Phi) is 7.66. The summed E-state index contributed by atoms with van der Waals surface area (Å²) in [5, 5.41) is 2.95. The van der Waals surface area contributed by atoms with Crippen molar-refractivity contribution in [2.45, 2.75) is 58.8 Å². The summed E-state index contributed by atoms with van der Waals surface area (Å²) in [6.45, 7) is 9.61. The van der Waals surface area contributed by atoms with Gasteiger partial charge < -0.3 is 19.7 Å². The first kappa shape index (κ1) is 21.2. The number of benzene rings is 1. The Morgan fingerprint density at radius 3 is 2.63 bits per heavy atom. The molecule has 1 heterocycles. The molecule has 2 rings (SSSR count). The molecule has 0 spiro atoms. The molecule has 1 N–H and O–H groups in total. The molecular formula is C21H32N2O4. The summed E-state index contributed by atoms with van der Waals surface area (Å²) in [5.74, 6) is 0.108. The summed E-state index contributed by atoms with van der Waals surface area (Å²) >= 11 is 0. The SMILES string of the molecule is CC(OCc1ccccc1)C(=O)NCC1CCCN(C(=O)OC(C)(C)C)C1. The monoisotopic (exact) mass is 376 g/mol. The Balaban J connectivity index is 1.73. The number of rotatable bonds is 6. The van der Waals surface area contributed by atoms with Crippen molar-refractivity contribution in [2.75, 3.05) is 19.6 Å². The van der Waals surface area contributed by atoms with Gasteiger partial charge in [-0.1, -0.05) is 30.3 Å². The molecule has 2 unspecified atom stereocenters. The maximum Gasteiger partial charge on any atom is 0.410 e. The number of hydrogen-bond acceptors (Lipinski definition) is 4. The molecule has 1 aromatic rings. The fourth-order valence-corrected chi connectivity index (χ4v) is 2.98. The number of hydrogen-bond donors (Lipinski definition) is 1. The predicted octanol–water partition coefficient (Wildman–Crippen LogP) is 3.36. The van der Waals surface area contributed by atoms with Crippen molar-refractivity contribution < 1.29 is 19.1 Å².